The molecule has 176 valence electrons. The van der Waals surface area contributed by atoms with E-state index in [1.54, 1.807) is 4.90 Å². The molecule has 1 aliphatic rings. The molecule has 0 bridgehead atoms. The van der Waals surface area contributed by atoms with Crippen LogP contribution >= 0.6 is 0 Å². The van der Waals surface area contributed by atoms with Crippen molar-refractivity contribution >= 4 is 17.6 Å². The van der Waals surface area contributed by atoms with Crippen molar-refractivity contribution in [3.8, 4) is 11.3 Å². The van der Waals surface area contributed by atoms with Crippen LogP contribution in [0.2, 0.25) is 0 Å². The highest BCUT2D eigenvalue weighted by atomic mass is 16.2. The van der Waals surface area contributed by atoms with Gasteiger partial charge < -0.3 is 14.7 Å². The third kappa shape index (κ3) is 5.78. The SMILES string of the molecule is CC(C)C(=O)N(CC(=O)N1CCN(c2ccc(-c3ccccc3)nn2)CC1)Cc1ccccc1. The Morgan fingerprint density at radius 2 is 1.50 bits per heavy atom. The summed E-state index contributed by atoms with van der Waals surface area (Å²) in [7, 11) is 0. The van der Waals surface area contributed by atoms with Crippen molar-refractivity contribution in [2.24, 2.45) is 5.92 Å². The van der Waals surface area contributed by atoms with Gasteiger partial charge in [-0.2, -0.15) is 0 Å². The van der Waals surface area contributed by atoms with Crippen LogP contribution in [0, 0.1) is 5.92 Å². The predicted octanol–water partition coefficient (Wildman–Crippen LogP) is 3.48. The number of benzene rings is 2. The van der Waals surface area contributed by atoms with Crippen LogP contribution in [-0.2, 0) is 16.1 Å². The van der Waals surface area contributed by atoms with Gasteiger partial charge in [-0.05, 0) is 17.7 Å². The molecular formula is C27H31N5O2. The van der Waals surface area contributed by atoms with Gasteiger partial charge in [0.05, 0.1) is 5.69 Å². The van der Waals surface area contributed by atoms with Crippen molar-refractivity contribution in [2.45, 2.75) is 20.4 Å². The molecule has 2 amide bonds. The summed E-state index contributed by atoms with van der Waals surface area (Å²) < 4.78 is 0. The van der Waals surface area contributed by atoms with Gasteiger partial charge in [0.25, 0.3) is 0 Å². The Morgan fingerprint density at radius 3 is 2.09 bits per heavy atom. The normalized spacial score (nSPS) is 13.7. The summed E-state index contributed by atoms with van der Waals surface area (Å²) in [5.41, 5.74) is 2.89. The fourth-order valence-electron chi connectivity index (χ4n) is 4.09. The van der Waals surface area contributed by atoms with Gasteiger partial charge in [0, 0.05) is 44.2 Å². The molecule has 1 aliphatic heterocycles. The van der Waals surface area contributed by atoms with Gasteiger partial charge in [-0.3, -0.25) is 9.59 Å². The number of hydrogen-bond acceptors (Lipinski definition) is 5. The van der Waals surface area contributed by atoms with E-state index in [2.05, 4.69) is 15.1 Å². The zero-order chi connectivity index (χ0) is 23.9. The number of hydrogen-bond donors (Lipinski definition) is 0. The first kappa shape index (κ1) is 23.4. The topological polar surface area (TPSA) is 69.6 Å². The number of carbonyl (C=O) groups excluding carboxylic acids is 2. The molecule has 0 unspecified atom stereocenters. The summed E-state index contributed by atoms with van der Waals surface area (Å²) >= 11 is 0. The van der Waals surface area contributed by atoms with Gasteiger partial charge in [-0.15, -0.1) is 10.2 Å². The molecule has 1 aromatic heterocycles. The minimum Gasteiger partial charge on any atom is -0.352 e. The molecule has 0 saturated carbocycles. The van der Waals surface area contributed by atoms with Gasteiger partial charge in [0.1, 0.15) is 6.54 Å². The lowest BCUT2D eigenvalue weighted by atomic mass is 10.1. The number of carbonyl (C=O) groups is 2. The van der Waals surface area contributed by atoms with Crippen molar-refractivity contribution in [1.29, 1.82) is 0 Å². The summed E-state index contributed by atoms with van der Waals surface area (Å²) in [6.07, 6.45) is 0. The zero-order valence-electron chi connectivity index (χ0n) is 19.8. The van der Waals surface area contributed by atoms with E-state index in [1.165, 1.54) is 0 Å². The maximum atomic E-state index is 13.1. The van der Waals surface area contributed by atoms with Crippen molar-refractivity contribution in [3.63, 3.8) is 0 Å². The third-order valence-corrected chi connectivity index (χ3v) is 6.02. The lowest BCUT2D eigenvalue weighted by Gasteiger charge is -2.36. The van der Waals surface area contributed by atoms with E-state index >= 15 is 0 Å². The van der Waals surface area contributed by atoms with Gasteiger partial charge in [-0.1, -0.05) is 74.5 Å². The van der Waals surface area contributed by atoms with Crippen molar-refractivity contribution in [3.05, 3.63) is 78.4 Å². The molecule has 7 nitrogen and oxygen atoms in total. The Labute approximate surface area is 201 Å². The summed E-state index contributed by atoms with van der Waals surface area (Å²) in [5, 5.41) is 8.78. The summed E-state index contributed by atoms with van der Waals surface area (Å²) in [5.74, 6) is 0.623. The second kappa shape index (κ2) is 10.9. The Morgan fingerprint density at radius 1 is 0.853 bits per heavy atom. The van der Waals surface area contributed by atoms with Crippen LogP contribution in [0.25, 0.3) is 11.3 Å². The zero-order valence-corrected chi connectivity index (χ0v) is 19.8. The largest absolute Gasteiger partial charge is 0.352 e. The molecule has 34 heavy (non-hydrogen) atoms. The maximum Gasteiger partial charge on any atom is 0.242 e. The second-order valence-electron chi connectivity index (χ2n) is 8.85. The highest BCUT2D eigenvalue weighted by Gasteiger charge is 2.26. The van der Waals surface area contributed by atoms with Gasteiger partial charge in [0.15, 0.2) is 5.82 Å². The molecule has 7 heteroatoms. The third-order valence-electron chi connectivity index (χ3n) is 6.02. The second-order valence-corrected chi connectivity index (χ2v) is 8.85. The minimum absolute atomic E-state index is 0.00961. The minimum atomic E-state index is -0.161. The Bertz CT molecular complexity index is 1080. The summed E-state index contributed by atoms with van der Waals surface area (Å²) in [6.45, 7) is 6.82. The maximum absolute atomic E-state index is 13.1. The van der Waals surface area contributed by atoms with Crippen LogP contribution in [-0.4, -0.2) is 64.5 Å². The van der Waals surface area contributed by atoms with Gasteiger partial charge in [-0.25, -0.2) is 0 Å². The molecule has 0 spiro atoms. The highest BCUT2D eigenvalue weighted by Crippen LogP contribution is 2.19. The standard InChI is InChI=1S/C27H31N5O2/c1-21(2)27(34)32(19-22-9-5-3-6-10-22)20-26(33)31-17-15-30(16-18-31)25-14-13-24(28-29-25)23-11-7-4-8-12-23/h3-14,21H,15-20H2,1-2H3. The van der Waals surface area contributed by atoms with Crippen LogP contribution in [0.1, 0.15) is 19.4 Å². The average Bonchev–Trinajstić information content (AvgIpc) is 2.89. The Balaban J connectivity index is 1.34. The van der Waals surface area contributed by atoms with Crippen molar-refractivity contribution in [1.82, 2.24) is 20.0 Å². The van der Waals surface area contributed by atoms with Crippen LogP contribution in [0.5, 0.6) is 0 Å². The number of aromatic nitrogens is 2. The molecule has 0 radical (unpaired) electrons. The van der Waals surface area contributed by atoms with Gasteiger partial charge in [0.2, 0.25) is 11.8 Å². The number of nitrogens with zero attached hydrogens (tertiary/aromatic N) is 5. The van der Waals surface area contributed by atoms with Crippen LogP contribution in [0.15, 0.2) is 72.8 Å². The molecule has 4 rings (SSSR count). The molecule has 2 heterocycles. The molecule has 0 aliphatic carbocycles. The van der Waals surface area contributed by atoms with E-state index in [4.69, 9.17) is 0 Å². The molecule has 0 atom stereocenters. The first-order chi connectivity index (χ1) is 16.5. The average molecular weight is 458 g/mol. The fraction of sp³-hybridized carbons (Fsp3) is 0.333. The van der Waals surface area contributed by atoms with E-state index in [0.717, 1.165) is 22.6 Å². The lowest BCUT2D eigenvalue weighted by molar-refractivity contribution is -0.143. The number of anilines is 1. The predicted molar refractivity (Wildman–Crippen MR) is 133 cm³/mol. The lowest BCUT2D eigenvalue weighted by Crippen LogP contribution is -2.52. The molecular weight excluding hydrogens is 426 g/mol. The van der Waals surface area contributed by atoms with Gasteiger partial charge >= 0.3 is 0 Å². The fourth-order valence-corrected chi connectivity index (χ4v) is 4.09. The van der Waals surface area contributed by atoms with E-state index in [9.17, 15) is 9.59 Å². The number of rotatable bonds is 7. The summed E-state index contributed by atoms with van der Waals surface area (Å²) in [4.78, 5) is 31.5. The van der Waals surface area contributed by atoms with E-state index in [-0.39, 0.29) is 24.3 Å². The monoisotopic (exact) mass is 457 g/mol. The summed E-state index contributed by atoms with van der Waals surface area (Å²) in [6, 6.07) is 23.7. The van der Waals surface area contributed by atoms with E-state index in [1.807, 2.05) is 91.5 Å². The quantitative estimate of drug-likeness (QED) is 0.543. The van der Waals surface area contributed by atoms with Crippen LogP contribution < -0.4 is 4.90 Å². The number of piperazine rings is 1. The molecule has 1 saturated heterocycles. The smallest absolute Gasteiger partial charge is 0.242 e. The highest BCUT2D eigenvalue weighted by molar-refractivity contribution is 5.85. The van der Waals surface area contributed by atoms with Crippen LogP contribution in [0.3, 0.4) is 0 Å². The molecule has 2 aromatic carbocycles. The Hall–Kier alpha value is -3.74. The Kier molecular flexibility index (Phi) is 7.52. The molecule has 1 fully saturated rings. The first-order valence-corrected chi connectivity index (χ1v) is 11.8. The first-order valence-electron chi connectivity index (χ1n) is 11.8. The molecule has 0 N–H and O–H groups in total. The van der Waals surface area contributed by atoms with E-state index < -0.39 is 0 Å². The van der Waals surface area contributed by atoms with Crippen molar-refractivity contribution < 1.29 is 9.59 Å². The number of amides is 2. The van der Waals surface area contributed by atoms with Crippen LogP contribution in [0.4, 0.5) is 5.82 Å². The van der Waals surface area contributed by atoms with Crippen molar-refractivity contribution in [2.75, 3.05) is 37.6 Å². The van der Waals surface area contributed by atoms with E-state index in [0.29, 0.717) is 32.7 Å². The molecule has 3 aromatic rings.